The van der Waals surface area contributed by atoms with Gasteiger partial charge in [-0.1, -0.05) is 0 Å². The number of carbonyl (C=O) groups is 2. The van der Waals surface area contributed by atoms with Gasteiger partial charge in [-0.3, -0.25) is 24.8 Å². The number of carbonyl (C=O) groups excluding carboxylic acids is 2. The van der Waals surface area contributed by atoms with Gasteiger partial charge in [0, 0.05) is 30.1 Å². The Morgan fingerprint density at radius 3 is 2.46 bits per heavy atom. The van der Waals surface area contributed by atoms with Crippen LogP contribution in [-0.4, -0.2) is 60.2 Å². The Labute approximate surface area is 217 Å². The molecule has 2 aliphatic heterocycles. The molecule has 9 nitrogen and oxygen atoms in total. The zero-order chi connectivity index (χ0) is 27.7. The fourth-order valence-corrected chi connectivity index (χ4v) is 4.25. The minimum Gasteiger partial charge on any atom is -0.404 e. The molecule has 2 unspecified atom stereocenters. The van der Waals surface area contributed by atoms with Gasteiger partial charge in [-0.2, -0.15) is 0 Å². The molecule has 2 saturated heterocycles. The number of nitrogens with zero attached hydrogens (tertiary/aromatic N) is 2. The number of hydrogen-bond donors (Lipinski definition) is 3. The van der Waals surface area contributed by atoms with Crippen molar-refractivity contribution < 1.29 is 41.0 Å². The molecule has 2 amide bonds. The first-order valence-electron chi connectivity index (χ1n) is 11.6. The van der Waals surface area contributed by atoms with Crippen molar-refractivity contribution in [2.24, 2.45) is 0 Å². The number of rotatable bonds is 7. The van der Waals surface area contributed by atoms with Crippen LogP contribution in [-0.2, 0) is 9.53 Å². The lowest BCUT2D eigenvalue weighted by molar-refractivity contribution is -0.274. The number of anilines is 2. The fraction of sp³-hybridized carbons (Fsp3) is 0.240. The summed E-state index contributed by atoms with van der Waals surface area (Å²) in [5.74, 6) is -3.49. The predicted octanol–water partition coefficient (Wildman–Crippen LogP) is 3.70. The number of pyridine rings is 1. The number of aromatic nitrogens is 1. The average molecular weight is 549 g/mol. The maximum Gasteiger partial charge on any atom is 0.573 e. The summed E-state index contributed by atoms with van der Waals surface area (Å²) in [4.78, 5) is 31.2. The molecule has 1 aromatic heterocycles. The van der Waals surface area contributed by atoms with Crippen LogP contribution in [0, 0.1) is 11.6 Å². The van der Waals surface area contributed by atoms with Crippen molar-refractivity contribution in [3.8, 4) is 17.0 Å². The number of ether oxygens (including phenoxy) is 2. The SMILES string of the molecule is O=C(CN1CC2NC1CO2)Nc1cc(NC(=O)c2ccc(-c3cc(F)cc(F)c3)nc2)ccc1OC(F)(F)F. The molecule has 2 fully saturated rings. The summed E-state index contributed by atoms with van der Waals surface area (Å²) in [6.07, 6.45) is -4.21. The van der Waals surface area contributed by atoms with E-state index in [4.69, 9.17) is 4.74 Å². The van der Waals surface area contributed by atoms with Gasteiger partial charge in [0.2, 0.25) is 5.91 Å². The molecule has 0 spiro atoms. The van der Waals surface area contributed by atoms with Crippen molar-refractivity contribution >= 4 is 23.2 Å². The largest absolute Gasteiger partial charge is 0.573 e. The zero-order valence-electron chi connectivity index (χ0n) is 19.9. The van der Waals surface area contributed by atoms with Crippen LogP contribution in [0.3, 0.4) is 0 Å². The van der Waals surface area contributed by atoms with Crippen molar-refractivity contribution in [1.82, 2.24) is 15.2 Å². The van der Waals surface area contributed by atoms with Gasteiger partial charge in [-0.25, -0.2) is 8.78 Å². The van der Waals surface area contributed by atoms with Crippen molar-refractivity contribution in [1.29, 1.82) is 0 Å². The molecule has 5 rings (SSSR count). The van der Waals surface area contributed by atoms with Gasteiger partial charge in [0.15, 0.2) is 5.75 Å². The lowest BCUT2D eigenvalue weighted by Crippen LogP contribution is -2.43. The Morgan fingerprint density at radius 2 is 1.85 bits per heavy atom. The van der Waals surface area contributed by atoms with Gasteiger partial charge >= 0.3 is 6.36 Å². The number of amides is 2. The molecular formula is C25H20F5N5O4. The normalized spacial score (nSPS) is 18.7. The number of hydrogen-bond acceptors (Lipinski definition) is 7. The summed E-state index contributed by atoms with van der Waals surface area (Å²) < 4.78 is 75.2. The Morgan fingerprint density at radius 1 is 1.08 bits per heavy atom. The first kappa shape index (κ1) is 26.5. The van der Waals surface area contributed by atoms with Crippen LogP contribution in [0.4, 0.5) is 33.3 Å². The van der Waals surface area contributed by atoms with E-state index in [2.05, 4.69) is 25.7 Å². The van der Waals surface area contributed by atoms with Crippen LogP contribution in [0.2, 0.25) is 0 Å². The second-order valence-corrected chi connectivity index (χ2v) is 8.79. The Balaban J connectivity index is 1.30. The second kappa shape index (κ2) is 10.6. The van der Waals surface area contributed by atoms with E-state index < -0.39 is 35.6 Å². The fourth-order valence-electron chi connectivity index (χ4n) is 4.25. The van der Waals surface area contributed by atoms with E-state index in [1.807, 2.05) is 0 Å². The summed E-state index contributed by atoms with van der Waals surface area (Å²) >= 11 is 0. The highest BCUT2D eigenvalue weighted by molar-refractivity contribution is 6.05. The molecule has 0 aliphatic carbocycles. The molecule has 3 N–H and O–H groups in total. The minimum absolute atomic E-state index is 0.0654. The van der Waals surface area contributed by atoms with Crippen molar-refractivity contribution in [3.05, 3.63) is 71.9 Å². The van der Waals surface area contributed by atoms with Gasteiger partial charge in [-0.15, -0.1) is 13.2 Å². The van der Waals surface area contributed by atoms with E-state index >= 15 is 0 Å². The van der Waals surface area contributed by atoms with Crippen molar-refractivity contribution in [2.75, 3.05) is 30.3 Å². The molecule has 14 heteroatoms. The third-order valence-corrected chi connectivity index (χ3v) is 5.94. The highest BCUT2D eigenvalue weighted by Crippen LogP contribution is 2.33. The lowest BCUT2D eigenvalue weighted by Gasteiger charge is -2.24. The number of morpholine rings is 1. The molecule has 204 valence electrons. The monoisotopic (exact) mass is 549 g/mol. The van der Waals surface area contributed by atoms with E-state index in [9.17, 15) is 31.5 Å². The maximum absolute atomic E-state index is 13.5. The van der Waals surface area contributed by atoms with Crippen LogP contribution in [0.5, 0.6) is 5.75 Å². The van der Waals surface area contributed by atoms with Gasteiger partial charge in [0.05, 0.1) is 36.3 Å². The number of nitrogens with one attached hydrogen (secondary N) is 3. The van der Waals surface area contributed by atoms with E-state index in [0.29, 0.717) is 13.2 Å². The average Bonchev–Trinajstić information content (AvgIpc) is 3.48. The third kappa shape index (κ3) is 6.47. The molecule has 0 radical (unpaired) electrons. The zero-order valence-corrected chi connectivity index (χ0v) is 19.9. The molecule has 3 aromatic rings. The highest BCUT2D eigenvalue weighted by Gasteiger charge is 2.39. The van der Waals surface area contributed by atoms with Crippen molar-refractivity contribution in [2.45, 2.75) is 18.8 Å². The summed E-state index contributed by atoms with van der Waals surface area (Å²) in [6, 6.07) is 8.92. The molecule has 0 saturated carbocycles. The second-order valence-electron chi connectivity index (χ2n) is 8.79. The van der Waals surface area contributed by atoms with E-state index in [1.54, 1.807) is 4.90 Å². The van der Waals surface area contributed by atoms with Gasteiger partial charge < -0.3 is 20.1 Å². The first-order chi connectivity index (χ1) is 18.5. The molecule has 2 atom stereocenters. The molecule has 2 aliphatic rings. The van der Waals surface area contributed by atoms with Crippen molar-refractivity contribution in [3.63, 3.8) is 0 Å². The Kier molecular flexibility index (Phi) is 7.16. The third-order valence-electron chi connectivity index (χ3n) is 5.94. The molecular weight excluding hydrogens is 529 g/mol. The van der Waals surface area contributed by atoms with Gasteiger partial charge in [0.1, 0.15) is 17.9 Å². The highest BCUT2D eigenvalue weighted by atomic mass is 19.4. The van der Waals surface area contributed by atoms with Crippen LogP contribution in [0.1, 0.15) is 10.4 Å². The number of halogens is 5. The van der Waals surface area contributed by atoms with Crippen LogP contribution >= 0.6 is 0 Å². The van der Waals surface area contributed by atoms with Gasteiger partial charge in [0.25, 0.3) is 5.91 Å². The number of fused-ring (bicyclic) bond motifs is 2. The van der Waals surface area contributed by atoms with Crippen LogP contribution in [0.15, 0.2) is 54.7 Å². The first-order valence-corrected chi connectivity index (χ1v) is 11.6. The summed E-state index contributed by atoms with van der Waals surface area (Å²) in [6.45, 7) is 0.727. The topological polar surface area (TPSA) is 105 Å². The van der Waals surface area contributed by atoms with E-state index in [-0.39, 0.29) is 47.1 Å². The Bertz CT molecular complexity index is 1380. The van der Waals surface area contributed by atoms with E-state index in [1.165, 1.54) is 24.4 Å². The smallest absolute Gasteiger partial charge is 0.404 e. The summed E-state index contributed by atoms with van der Waals surface area (Å²) in [5, 5.41) is 8.04. The van der Waals surface area contributed by atoms with E-state index in [0.717, 1.165) is 30.3 Å². The Hall–Kier alpha value is -4.14. The van der Waals surface area contributed by atoms with Crippen LogP contribution in [0.25, 0.3) is 11.3 Å². The standard InChI is InChI=1S/C25H20F5N5O4/c26-15-5-14(6-16(27)7-15)18-3-1-13(9-31-18)24(37)32-17-2-4-20(39-25(28,29)30)19(8-17)33-22(36)10-35-11-23-34-21(35)12-38-23/h1-9,21,23,34H,10-12H2,(H,32,37)(H,33,36). The quantitative estimate of drug-likeness (QED) is 0.386. The summed E-state index contributed by atoms with van der Waals surface area (Å²) in [7, 11) is 0. The number of alkyl halides is 3. The minimum atomic E-state index is -5.02. The molecule has 39 heavy (non-hydrogen) atoms. The summed E-state index contributed by atoms with van der Waals surface area (Å²) in [5.41, 5.74) is 0.221. The molecule has 2 bridgehead atoms. The van der Waals surface area contributed by atoms with Crippen LogP contribution < -0.4 is 20.7 Å². The lowest BCUT2D eigenvalue weighted by atomic mass is 10.1. The number of benzene rings is 2. The predicted molar refractivity (Wildman–Crippen MR) is 128 cm³/mol. The molecule has 2 aromatic carbocycles. The van der Waals surface area contributed by atoms with Gasteiger partial charge in [-0.05, 0) is 42.5 Å². The maximum atomic E-state index is 13.5. The molecule has 3 heterocycles.